The van der Waals surface area contributed by atoms with Crippen molar-refractivity contribution in [1.29, 1.82) is 0 Å². The summed E-state index contributed by atoms with van der Waals surface area (Å²) < 4.78 is 0. The van der Waals surface area contributed by atoms with E-state index in [1.807, 2.05) is 30.3 Å². The van der Waals surface area contributed by atoms with Crippen LogP contribution < -0.4 is 5.32 Å². The summed E-state index contributed by atoms with van der Waals surface area (Å²) in [5.74, 6) is -0.308. The standard InChI is InChI=1S/C28H26N2O4/c1-15(31)17-7-9-18(10-8-17)29-26(32)23(13-16-5-3-2-4-6-16)30-27(33)24-19-11-12-20(22-14-21(19)22)25(24)28(30)34/h2-12,19-25H,13-14H2,1H3,(H,29,32)/t19-,20-,21-,22-,23-,24+,25+/m0/s1. The fourth-order valence-electron chi connectivity index (χ4n) is 6.44. The number of hydrogen-bond acceptors (Lipinski definition) is 4. The first-order valence-corrected chi connectivity index (χ1v) is 11.9. The van der Waals surface area contributed by atoms with Gasteiger partial charge in [-0.1, -0.05) is 42.5 Å². The Hall–Kier alpha value is -3.54. The highest BCUT2D eigenvalue weighted by atomic mass is 16.2. The topological polar surface area (TPSA) is 83.6 Å². The number of imide groups is 1. The van der Waals surface area contributed by atoms with Gasteiger partial charge in [-0.25, -0.2) is 0 Å². The lowest BCUT2D eigenvalue weighted by molar-refractivity contribution is -0.146. The van der Waals surface area contributed by atoms with Crippen LogP contribution in [-0.2, 0) is 20.8 Å². The first-order valence-electron chi connectivity index (χ1n) is 11.9. The fourth-order valence-corrected chi connectivity index (χ4v) is 6.44. The molecule has 1 heterocycles. The minimum absolute atomic E-state index is 0.0583. The Labute approximate surface area is 198 Å². The van der Waals surface area contributed by atoms with Crippen LogP contribution in [0.2, 0.25) is 0 Å². The summed E-state index contributed by atoms with van der Waals surface area (Å²) in [6.07, 6.45) is 5.62. The van der Waals surface area contributed by atoms with Gasteiger partial charge in [0.15, 0.2) is 5.78 Å². The molecule has 2 aromatic rings. The van der Waals surface area contributed by atoms with Crippen LogP contribution in [0.15, 0.2) is 66.7 Å². The molecule has 172 valence electrons. The number of nitrogens with one attached hydrogen (secondary N) is 1. The predicted molar refractivity (Wildman–Crippen MR) is 126 cm³/mol. The molecule has 0 spiro atoms. The molecule has 0 aromatic heterocycles. The van der Waals surface area contributed by atoms with E-state index in [4.69, 9.17) is 0 Å². The molecule has 2 saturated carbocycles. The average molecular weight is 455 g/mol. The summed E-state index contributed by atoms with van der Waals surface area (Å²) in [6.45, 7) is 1.49. The van der Waals surface area contributed by atoms with Crippen LogP contribution in [0.5, 0.6) is 0 Å². The quantitative estimate of drug-likeness (QED) is 0.411. The molecule has 1 N–H and O–H groups in total. The number of anilines is 1. The molecule has 4 aliphatic carbocycles. The molecule has 7 atom stereocenters. The molecule has 6 heteroatoms. The molecular weight excluding hydrogens is 428 g/mol. The van der Waals surface area contributed by atoms with Crippen LogP contribution in [0, 0.1) is 35.5 Å². The van der Waals surface area contributed by atoms with E-state index in [-0.39, 0.29) is 47.7 Å². The van der Waals surface area contributed by atoms with Crippen molar-refractivity contribution in [3.8, 4) is 0 Å². The van der Waals surface area contributed by atoms with E-state index in [1.54, 1.807) is 24.3 Å². The summed E-state index contributed by atoms with van der Waals surface area (Å²) in [6, 6.07) is 15.2. The zero-order valence-corrected chi connectivity index (χ0v) is 18.9. The summed E-state index contributed by atoms with van der Waals surface area (Å²) in [7, 11) is 0. The maximum Gasteiger partial charge on any atom is 0.248 e. The molecule has 2 bridgehead atoms. The van der Waals surface area contributed by atoms with Crippen LogP contribution in [0.1, 0.15) is 29.3 Å². The highest BCUT2D eigenvalue weighted by molar-refractivity contribution is 6.11. The first kappa shape index (κ1) is 21.0. The van der Waals surface area contributed by atoms with Gasteiger partial charge >= 0.3 is 0 Å². The number of hydrogen-bond donors (Lipinski definition) is 1. The number of allylic oxidation sites excluding steroid dienone is 2. The van der Waals surface area contributed by atoms with Gasteiger partial charge in [-0.15, -0.1) is 0 Å². The number of Topliss-reactive ketones (excluding diaryl/α,β-unsaturated/α-hetero) is 1. The van der Waals surface area contributed by atoms with E-state index in [1.165, 1.54) is 11.8 Å². The third-order valence-corrected chi connectivity index (χ3v) is 8.14. The number of benzene rings is 2. The second-order valence-electron chi connectivity index (χ2n) is 10.0. The number of ketones is 1. The van der Waals surface area contributed by atoms with E-state index in [2.05, 4.69) is 17.5 Å². The Morgan fingerprint density at radius 3 is 2.06 bits per heavy atom. The van der Waals surface area contributed by atoms with Crippen molar-refractivity contribution in [2.24, 2.45) is 35.5 Å². The van der Waals surface area contributed by atoms with Crippen molar-refractivity contribution in [3.63, 3.8) is 0 Å². The normalized spacial score (nSPS) is 31.1. The molecule has 5 aliphatic rings. The lowest BCUT2D eigenvalue weighted by Crippen LogP contribution is -2.49. The van der Waals surface area contributed by atoms with Crippen LogP contribution >= 0.6 is 0 Å². The molecule has 1 aliphatic heterocycles. The average Bonchev–Trinajstić information content (AvgIpc) is 3.62. The van der Waals surface area contributed by atoms with Crippen molar-refractivity contribution < 1.29 is 19.2 Å². The Morgan fingerprint density at radius 2 is 1.50 bits per heavy atom. The molecule has 7 rings (SSSR count). The summed E-state index contributed by atoms with van der Waals surface area (Å²) in [5, 5.41) is 2.87. The molecule has 1 saturated heterocycles. The number of likely N-dealkylation sites (tertiary alicyclic amines) is 1. The molecular formula is C28H26N2O4. The molecule has 0 radical (unpaired) electrons. The summed E-state index contributed by atoms with van der Waals surface area (Å²) >= 11 is 0. The van der Waals surface area contributed by atoms with Gasteiger partial charge in [-0.3, -0.25) is 24.1 Å². The van der Waals surface area contributed by atoms with Crippen molar-refractivity contribution in [1.82, 2.24) is 4.90 Å². The van der Waals surface area contributed by atoms with Crippen molar-refractivity contribution in [2.45, 2.75) is 25.8 Å². The molecule has 0 unspecified atom stereocenters. The Morgan fingerprint density at radius 1 is 0.912 bits per heavy atom. The smallest absolute Gasteiger partial charge is 0.248 e. The van der Waals surface area contributed by atoms with E-state index >= 15 is 0 Å². The van der Waals surface area contributed by atoms with Crippen LogP contribution in [-0.4, -0.2) is 34.4 Å². The van der Waals surface area contributed by atoms with Crippen molar-refractivity contribution >= 4 is 29.2 Å². The highest BCUT2D eigenvalue weighted by Crippen LogP contribution is 2.65. The molecule has 34 heavy (non-hydrogen) atoms. The zero-order valence-electron chi connectivity index (χ0n) is 18.9. The van der Waals surface area contributed by atoms with E-state index < -0.39 is 11.9 Å². The second kappa shape index (κ2) is 7.76. The predicted octanol–water partition coefficient (Wildman–Crippen LogP) is 3.49. The molecule has 3 fully saturated rings. The number of amides is 3. The Bertz CT molecular complexity index is 1180. The van der Waals surface area contributed by atoms with E-state index in [0.29, 0.717) is 23.1 Å². The highest BCUT2D eigenvalue weighted by Gasteiger charge is 2.67. The minimum atomic E-state index is -0.934. The minimum Gasteiger partial charge on any atom is -0.324 e. The summed E-state index contributed by atoms with van der Waals surface area (Å²) in [5.41, 5.74) is 1.95. The van der Waals surface area contributed by atoms with Crippen molar-refractivity contribution in [3.05, 3.63) is 77.9 Å². The molecule has 6 nitrogen and oxygen atoms in total. The third-order valence-electron chi connectivity index (χ3n) is 8.14. The van der Waals surface area contributed by atoms with Gasteiger partial charge in [0.2, 0.25) is 17.7 Å². The monoisotopic (exact) mass is 454 g/mol. The van der Waals surface area contributed by atoms with Gasteiger partial charge in [-0.2, -0.15) is 0 Å². The van der Waals surface area contributed by atoms with E-state index in [9.17, 15) is 19.2 Å². The Balaban J connectivity index is 1.30. The largest absolute Gasteiger partial charge is 0.324 e. The zero-order chi connectivity index (χ0) is 23.6. The maximum absolute atomic E-state index is 13.7. The molecule has 2 aromatic carbocycles. The lowest BCUT2D eigenvalue weighted by Gasteiger charge is -2.37. The number of carbonyl (C=O) groups excluding carboxylic acids is 4. The maximum atomic E-state index is 13.7. The van der Waals surface area contributed by atoms with Crippen LogP contribution in [0.25, 0.3) is 0 Å². The Kier molecular flexibility index (Phi) is 4.80. The van der Waals surface area contributed by atoms with E-state index in [0.717, 1.165) is 12.0 Å². The van der Waals surface area contributed by atoms with Gasteiger partial charge in [0.25, 0.3) is 0 Å². The van der Waals surface area contributed by atoms with Gasteiger partial charge in [0.1, 0.15) is 6.04 Å². The second-order valence-corrected chi connectivity index (χ2v) is 10.0. The number of nitrogens with zero attached hydrogens (tertiary/aromatic N) is 1. The SMILES string of the molecule is CC(=O)c1ccc(NC(=O)[C@H](Cc2ccccc2)N2C(=O)[C@@H]3[C@H]4C=C[C@@H]([C@@H]5C[C@@H]45)[C@H]3C2=O)cc1. The first-order chi connectivity index (χ1) is 16.4. The fraction of sp³-hybridized carbons (Fsp3) is 0.357. The lowest BCUT2D eigenvalue weighted by atomic mass is 9.63. The summed E-state index contributed by atoms with van der Waals surface area (Å²) in [4.78, 5) is 53.7. The van der Waals surface area contributed by atoms with Crippen LogP contribution in [0.4, 0.5) is 5.69 Å². The van der Waals surface area contributed by atoms with Gasteiger partial charge in [0, 0.05) is 17.7 Å². The van der Waals surface area contributed by atoms with Gasteiger partial charge in [-0.05, 0) is 66.8 Å². The van der Waals surface area contributed by atoms with Crippen LogP contribution in [0.3, 0.4) is 0 Å². The molecule has 3 amide bonds. The number of rotatable bonds is 6. The van der Waals surface area contributed by atoms with Gasteiger partial charge in [0.05, 0.1) is 11.8 Å². The van der Waals surface area contributed by atoms with Gasteiger partial charge < -0.3 is 5.32 Å². The number of carbonyl (C=O) groups is 4. The third kappa shape index (κ3) is 3.23. The van der Waals surface area contributed by atoms with Crippen molar-refractivity contribution in [2.75, 3.05) is 5.32 Å².